The highest BCUT2D eigenvalue weighted by Gasteiger charge is 2.03. The molecular formula is C23H32. The van der Waals surface area contributed by atoms with Gasteiger partial charge in [-0.1, -0.05) is 55.7 Å². The van der Waals surface area contributed by atoms with E-state index in [0.717, 1.165) is 0 Å². The summed E-state index contributed by atoms with van der Waals surface area (Å²) in [7, 11) is 0. The molecule has 0 aromatic heterocycles. The lowest BCUT2D eigenvalue weighted by Crippen LogP contribution is -1.95. The Morgan fingerprint density at radius 1 is 0.478 bits per heavy atom. The third-order valence-corrected chi connectivity index (χ3v) is 5.14. The lowest BCUT2D eigenvalue weighted by molar-refractivity contribution is 0.611. The van der Waals surface area contributed by atoms with Crippen molar-refractivity contribution >= 4 is 0 Å². The van der Waals surface area contributed by atoms with Crippen LogP contribution in [0.25, 0.3) is 0 Å². The number of rotatable bonds is 8. The van der Waals surface area contributed by atoms with Crippen LogP contribution in [0.15, 0.2) is 36.4 Å². The molecule has 0 bridgehead atoms. The minimum atomic E-state index is 1.25. The van der Waals surface area contributed by atoms with E-state index in [9.17, 15) is 0 Å². The van der Waals surface area contributed by atoms with Gasteiger partial charge in [-0.2, -0.15) is 0 Å². The van der Waals surface area contributed by atoms with Gasteiger partial charge in [0.05, 0.1) is 0 Å². The highest BCUT2D eigenvalue weighted by atomic mass is 14.1. The molecule has 0 nitrogen and oxygen atoms in total. The van der Waals surface area contributed by atoms with E-state index in [1.165, 1.54) is 67.2 Å². The van der Waals surface area contributed by atoms with Crippen molar-refractivity contribution in [2.24, 2.45) is 0 Å². The Kier molecular flexibility index (Phi) is 6.89. The Morgan fingerprint density at radius 2 is 0.783 bits per heavy atom. The molecule has 0 saturated heterocycles. The third-order valence-electron chi connectivity index (χ3n) is 5.14. The molecule has 0 unspecified atom stereocenters. The molecule has 0 radical (unpaired) electrons. The minimum Gasteiger partial charge on any atom is -0.0617 e. The maximum atomic E-state index is 2.24. The van der Waals surface area contributed by atoms with Gasteiger partial charge in [0.25, 0.3) is 0 Å². The second kappa shape index (κ2) is 8.91. The second-order valence-corrected chi connectivity index (χ2v) is 7.01. The predicted octanol–water partition coefficient (Wildman–Crippen LogP) is 6.66. The zero-order valence-corrected chi connectivity index (χ0v) is 15.4. The number of unbranched alkanes of at least 4 members (excludes halogenated alkanes) is 4. The molecule has 2 aromatic carbocycles. The van der Waals surface area contributed by atoms with Crippen LogP contribution in [0.3, 0.4) is 0 Å². The van der Waals surface area contributed by atoms with E-state index in [1.54, 1.807) is 11.1 Å². The summed E-state index contributed by atoms with van der Waals surface area (Å²) < 4.78 is 0. The Labute approximate surface area is 143 Å². The van der Waals surface area contributed by atoms with Crippen molar-refractivity contribution < 1.29 is 0 Å². The Balaban J connectivity index is 1.65. The van der Waals surface area contributed by atoms with Crippen LogP contribution in [0.1, 0.15) is 65.5 Å². The van der Waals surface area contributed by atoms with Crippen LogP contribution in [-0.2, 0) is 12.8 Å². The summed E-state index contributed by atoms with van der Waals surface area (Å²) in [6.07, 6.45) is 9.24. The van der Waals surface area contributed by atoms with Gasteiger partial charge in [0.1, 0.15) is 0 Å². The highest BCUT2D eigenvalue weighted by Crippen LogP contribution is 2.19. The standard InChI is InChI=1S/C23H32/c1-18-12-10-13-19(2)22(18)16-8-6-5-7-9-17-23-20(3)14-11-15-21(23)4/h10-15H,5-9,16-17H2,1-4H3. The van der Waals surface area contributed by atoms with Crippen molar-refractivity contribution in [3.8, 4) is 0 Å². The van der Waals surface area contributed by atoms with Gasteiger partial charge in [-0.15, -0.1) is 0 Å². The topological polar surface area (TPSA) is 0 Å². The smallest absolute Gasteiger partial charge is 0.0274 e. The number of hydrogen-bond acceptors (Lipinski definition) is 0. The van der Waals surface area contributed by atoms with Crippen molar-refractivity contribution in [3.05, 3.63) is 69.8 Å². The number of benzene rings is 2. The van der Waals surface area contributed by atoms with Crippen LogP contribution < -0.4 is 0 Å². The summed E-state index contributed by atoms with van der Waals surface area (Å²) in [6, 6.07) is 13.3. The van der Waals surface area contributed by atoms with Gasteiger partial charge in [0.15, 0.2) is 0 Å². The summed E-state index contributed by atoms with van der Waals surface area (Å²) in [5.41, 5.74) is 8.98. The van der Waals surface area contributed by atoms with E-state index in [0.29, 0.717) is 0 Å². The molecule has 124 valence electrons. The Bertz CT molecular complexity index is 526. The fraction of sp³-hybridized carbons (Fsp3) is 0.478. The van der Waals surface area contributed by atoms with Crippen LogP contribution in [-0.4, -0.2) is 0 Å². The predicted molar refractivity (Wildman–Crippen MR) is 102 cm³/mol. The first-order valence-electron chi connectivity index (χ1n) is 9.20. The molecule has 0 atom stereocenters. The zero-order chi connectivity index (χ0) is 16.7. The molecule has 2 rings (SSSR count). The van der Waals surface area contributed by atoms with Crippen LogP contribution >= 0.6 is 0 Å². The number of hydrogen-bond donors (Lipinski definition) is 0. The average Bonchev–Trinajstić information content (AvgIpc) is 2.51. The molecule has 0 heteroatoms. The molecular weight excluding hydrogens is 276 g/mol. The third kappa shape index (κ3) is 5.23. The lowest BCUT2D eigenvalue weighted by atomic mass is 9.95. The molecule has 0 N–H and O–H groups in total. The van der Waals surface area contributed by atoms with E-state index in [2.05, 4.69) is 64.1 Å². The summed E-state index contributed by atoms with van der Waals surface area (Å²) in [6.45, 7) is 8.97. The molecule has 0 saturated carbocycles. The highest BCUT2D eigenvalue weighted by molar-refractivity contribution is 5.34. The molecule has 0 aliphatic rings. The fourth-order valence-electron chi connectivity index (χ4n) is 3.62. The molecule has 0 amide bonds. The first kappa shape index (κ1) is 17.8. The van der Waals surface area contributed by atoms with Gasteiger partial charge in [-0.25, -0.2) is 0 Å². The van der Waals surface area contributed by atoms with Gasteiger partial charge in [-0.05, 0) is 86.8 Å². The largest absolute Gasteiger partial charge is 0.0617 e. The van der Waals surface area contributed by atoms with Crippen LogP contribution in [0.2, 0.25) is 0 Å². The summed E-state index contributed by atoms with van der Waals surface area (Å²) in [5, 5.41) is 0. The minimum absolute atomic E-state index is 1.25. The van der Waals surface area contributed by atoms with Crippen molar-refractivity contribution in [2.75, 3.05) is 0 Å². The van der Waals surface area contributed by atoms with E-state index in [1.807, 2.05) is 0 Å². The number of aryl methyl sites for hydroxylation is 4. The van der Waals surface area contributed by atoms with Gasteiger partial charge < -0.3 is 0 Å². The van der Waals surface area contributed by atoms with E-state index in [-0.39, 0.29) is 0 Å². The van der Waals surface area contributed by atoms with E-state index < -0.39 is 0 Å². The average molecular weight is 309 g/mol. The van der Waals surface area contributed by atoms with Crippen molar-refractivity contribution in [1.82, 2.24) is 0 Å². The maximum absolute atomic E-state index is 2.24. The molecule has 0 aliphatic carbocycles. The normalized spacial score (nSPS) is 11.0. The maximum Gasteiger partial charge on any atom is -0.0274 e. The summed E-state index contributed by atoms with van der Waals surface area (Å²) in [5.74, 6) is 0. The van der Waals surface area contributed by atoms with Crippen molar-refractivity contribution in [2.45, 2.75) is 72.6 Å². The first-order valence-corrected chi connectivity index (χ1v) is 9.20. The van der Waals surface area contributed by atoms with E-state index >= 15 is 0 Å². The molecule has 0 spiro atoms. The van der Waals surface area contributed by atoms with E-state index in [4.69, 9.17) is 0 Å². The second-order valence-electron chi connectivity index (χ2n) is 7.01. The Hall–Kier alpha value is -1.56. The van der Waals surface area contributed by atoms with Gasteiger partial charge in [-0.3, -0.25) is 0 Å². The monoisotopic (exact) mass is 308 g/mol. The van der Waals surface area contributed by atoms with Crippen molar-refractivity contribution in [1.29, 1.82) is 0 Å². The summed E-state index contributed by atoms with van der Waals surface area (Å²) in [4.78, 5) is 0. The Morgan fingerprint density at radius 3 is 1.13 bits per heavy atom. The van der Waals surface area contributed by atoms with Crippen molar-refractivity contribution in [3.63, 3.8) is 0 Å². The van der Waals surface area contributed by atoms with Gasteiger partial charge in [0, 0.05) is 0 Å². The molecule has 0 heterocycles. The van der Waals surface area contributed by atoms with Crippen LogP contribution in [0.5, 0.6) is 0 Å². The van der Waals surface area contributed by atoms with Gasteiger partial charge in [0.2, 0.25) is 0 Å². The molecule has 2 aromatic rings. The fourth-order valence-corrected chi connectivity index (χ4v) is 3.62. The lowest BCUT2D eigenvalue weighted by Gasteiger charge is -2.10. The zero-order valence-electron chi connectivity index (χ0n) is 15.4. The summed E-state index contributed by atoms with van der Waals surface area (Å²) >= 11 is 0. The van der Waals surface area contributed by atoms with Crippen LogP contribution in [0.4, 0.5) is 0 Å². The molecule has 23 heavy (non-hydrogen) atoms. The SMILES string of the molecule is Cc1cccc(C)c1CCCCCCCc1c(C)cccc1C. The first-order chi connectivity index (χ1) is 11.1. The quantitative estimate of drug-likeness (QED) is 0.478. The van der Waals surface area contributed by atoms with Crippen LogP contribution in [0, 0.1) is 27.7 Å². The molecule has 0 aliphatic heterocycles. The molecule has 0 fully saturated rings. The van der Waals surface area contributed by atoms with Gasteiger partial charge >= 0.3 is 0 Å².